The van der Waals surface area contributed by atoms with Gasteiger partial charge in [-0.15, -0.1) is 0 Å². The third kappa shape index (κ3) is 5.29. The standard InChI is InChI=1S/C18H25N7O3/c1-10(8-18(2,3)17(20)27)23-12-9-22-14(15(19)26)16(25-12)24-11-5-6-21-13(7-11)28-4/h5-7,9-10H,8H2,1-4H3,(H2,19,26)(H2,20,27)(H2,21,23,24,25). The van der Waals surface area contributed by atoms with Gasteiger partial charge in [0.25, 0.3) is 5.91 Å². The van der Waals surface area contributed by atoms with Gasteiger partial charge in [-0.05, 0) is 19.4 Å². The fourth-order valence-electron chi connectivity index (χ4n) is 2.63. The van der Waals surface area contributed by atoms with Crippen molar-refractivity contribution >= 4 is 29.1 Å². The molecule has 10 nitrogen and oxygen atoms in total. The fraction of sp³-hybridized carbons (Fsp3) is 0.389. The van der Waals surface area contributed by atoms with Crippen LogP contribution < -0.4 is 26.8 Å². The van der Waals surface area contributed by atoms with Gasteiger partial charge in [0.2, 0.25) is 11.8 Å². The van der Waals surface area contributed by atoms with Gasteiger partial charge >= 0.3 is 0 Å². The SMILES string of the molecule is COc1cc(Nc2nc(NC(C)CC(C)(C)C(N)=O)cnc2C(N)=O)ccn1. The minimum Gasteiger partial charge on any atom is -0.481 e. The number of nitrogens with one attached hydrogen (secondary N) is 2. The van der Waals surface area contributed by atoms with E-state index < -0.39 is 11.3 Å². The van der Waals surface area contributed by atoms with E-state index in [1.807, 2.05) is 6.92 Å². The maximum absolute atomic E-state index is 11.7. The molecule has 6 N–H and O–H groups in total. The quantitative estimate of drug-likeness (QED) is 0.503. The molecule has 2 amide bonds. The Kier molecular flexibility index (Phi) is 6.34. The zero-order valence-corrected chi connectivity index (χ0v) is 16.3. The molecule has 2 aromatic heterocycles. The molecular formula is C18H25N7O3. The number of methoxy groups -OCH3 is 1. The average Bonchev–Trinajstić information content (AvgIpc) is 2.61. The van der Waals surface area contributed by atoms with Crippen molar-refractivity contribution in [1.82, 2.24) is 15.0 Å². The molecule has 10 heteroatoms. The maximum Gasteiger partial charge on any atom is 0.271 e. The summed E-state index contributed by atoms with van der Waals surface area (Å²) in [6.07, 6.45) is 3.45. The van der Waals surface area contributed by atoms with Crippen LogP contribution in [0.15, 0.2) is 24.5 Å². The van der Waals surface area contributed by atoms with Gasteiger partial charge in [-0.1, -0.05) is 13.8 Å². The predicted octanol–water partition coefficient (Wildman–Crippen LogP) is 1.42. The number of carbonyl (C=O) groups is 2. The molecule has 28 heavy (non-hydrogen) atoms. The largest absolute Gasteiger partial charge is 0.481 e. The molecule has 0 aliphatic rings. The summed E-state index contributed by atoms with van der Waals surface area (Å²) in [6.45, 7) is 5.45. The third-order valence-electron chi connectivity index (χ3n) is 4.09. The summed E-state index contributed by atoms with van der Waals surface area (Å²) in [5.74, 6) is -0.0978. The van der Waals surface area contributed by atoms with Crippen molar-refractivity contribution in [1.29, 1.82) is 0 Å². The van der Waals surface area contributed by atoms with Crippen LogP contribution in [0.2, 0.25) is 0 Å². The maximum atomic E-state index is 11.7. The second kappa shape index (κ2) is 8.51. The predicted molar refractivity (Wildman–Crippen MR) is 105 cm³/mol. The number of primary amides is 2. The van der Waals surface area contributed by atoms with Crippen LogP contribution in [0, 0.1) is 5.41 Å². The number of ether oxygens (including phenoxy) is 1. The topological polar surface area (TPSA) is 158 Å². The van der Waals surface area contributed by atoms with Crippen LogP contribution in [0.1, 0.15) is 37.7 Å². The second-order valence-electron chi connectivity index (χ2n) is 7.03. The Morgan fingerprint density at radius 2 is 2.00 bits per heavy atom. The highest BCUT2D eigenvalue weighted by Crippen LogP contribution is 2.25. The molecule has 0 saturated carbocycles. The van der Waals surface area contributed by atoms with E-state index in [-0.39, 0.29) is 23.5 Å². The summed E-state index contributed by atoms with van der Waals surface area (Å²) in [5, 5.41) is 6.16. The van der Waals surface area contributed by atoms with Crippen molar-refractivity contribution < 1.29 is 14.3 Å². The Labute approximate surface area is 163 Å². The summed E-state index contributed by atoms with van der Waals surface area (Å²) >= 11 is 0. The van der Waals surface area contributed by atoms with Crippen molar-refractivity contribution in [2.75, 3.05) is 17.7 Å². The number of aromatic nitrogens is 3. The molecule has 0 aliphatic heterocycles. The lowest BCUT2D eigenvalue weighted by molar-refractivity contribution is -0.126. The zero-order chi connectivity index (χ0) is 20.9. The van der Waals surface area contributed by atoms with E-state index in [1.54, 1.807) is 32.2 Å². The highest BCUT2D eigenvalue weighted by atomic mass is 16.5. The first-order valence-electron chi connectivity index (χ1n) is 8.62. The van der Waals surface area contributed by atoms with E-state index in [1.165, 1.54) is 13.3 Å². The molecule has 150 valence electrons. The summed E-state index contributed by atoms with van der Waals surface area (Å²) < 4.78 is 5.08. The Bertz CT molecular complexity index is 870. The number of anilines is 3. The molecule has 0 aromatic carbocycles. The zero-order valence-electron chi connectivity index (χ0n) is 16.3. The van der Waals surface area contributed by atoms with Crippen molar-refractivity contribution in [3.63, 3.8) is 0 Å². The summed E-state index contributed by atoms with van der Waals surface area (Å²) in [7, 11) is 1.50. The van der Waals surface area contributed by atoms with E-state index in [9.17, 15) is 9.59 Å². The number of nitrogens with two attached hydrogens (primary N) is 2. The summed E-state index contributed by atoms with van der Waals surface area (Å²) in [6, 6.07) is 3.21. The Hall–Kier alpha value is -3.43. The molecule has 2 rings (SSSR count). The van der Waals surface area contributed by atoms with Crippen LogP contribution >= 0.6 is 0 Å². The number of nitrogens with zero attached hydrogens (tertiary/aromatic N) is 3. The van der Waals surface area contributed by atoms with Crippen LogP contribution in [-0.2, 0) is 4.79 Å². The van der Waals surface area contributed by atoms with Gasteiger partial charge in [-0.3, -0.25) is 9.59 Å². The number of carbonyl (C=O) groups excluding carboxylic acids is 2. The first-order valence-corrected chi connectivity index (χ1v) is 8.62. The highest BCUT2D eigenvalue weighted by Gasteiger charge is 2.27. The first-order chi connectivity index (χ1) is 13.1. The lowest BCUT2D eigenvalue weighted by atomic mass is 9.85. The molecule has 1 atom stereocenters. The minimum absolute atomic E-state index is 0.00792. The number of amides is 2. The van der Waals surface area contributed by atoms with E-state index in [0.717, 1.165) is 0 Å². The van der Waals surface area contributed by atoms with Crippen molar-refractivity contribution in [2.45, 2.75) is 33.2 Å². The monoisotopic (exact) mass is 387 g/mol. The first kappa shape index (κ1) is 20.9. The van der Waals surface area contributed by atoms with Crippen molar-refractivity contribution in [2.24, 2.45) is 16.9 Å². The van der Waals surface area contributed by atoms with E-state index >= 15 is 0 Å². The molecule has 2 aromatic rings. The molecule has 0 aliphatic carbocycles. The smallest absolute Gasteiger partial charge is 0.271 e. The van der Waals surface area contributed by atoms with Crippen molar-refractivity contribution in [3.8, 4) is 5.88 Å². The van der Waals surface area contributed by atoms with Crippen LogP contribution in [0.25, 0.3) is 0 Å². The van der Waals surface area contributed by atoms with Gasteiger partial charge < -0.3 is 26.8 Å². The molecule has 0 radical (unpaired) electrons. The number of rotatable bonds is 9. The molecule has 1 unspecified atom stereocenters. The number of hydrogen-bond acceptors (Lipinski definition) is 8. The molecular weight excluding hydrogens is 362 g/mol. The molecule has 0 fully saturated rings. The Morgan fingerprint density at radius 1 is 1.29 bits per heavy atom. The molecule has 0 bridgehead atoms. The van der Waals surface area contributed by atoms with Crippen molar-refractivity contribution in [3.05, 3.63) is 30.2 Å². The molecule has 0 spiro atoms. The number of hydrogen-bond donors (Lipinski definition) is 4. The fourth-order valence-corrected chi connectivity index (χ4v) is 2.63. The molecule has 2 heterocycles. The van der Waals surface area contributed by atoms with E-state index in [2.05, 4.69) is 25.6 Å². The summed E-state index contributed by atoms with van der Waals surface area (Å²) in [4.78, 5) is 35.7. The lowest BCUT2D eigenvalue weighted by Gasteiger charge is -2.25. The van der Waals surface area contributed by atoms with Crippen LogP contribution in [0.3, 0.4) is 0 Å². The van der Waals surface area contributed by atoms with Crippen LogP contribution in [-0.4, -0.2) is 39.9 Å². The van der Waals surface area contributed by atoms with Crippen LogP contribution in [0.5, 0.6) is 5.88 Å². The Morgan fingerprint density at radius 3 is 2.61 bits per heavy atom. The van der Waals surface area contributed by atoms with Gasteiger partial charge in [0.1, 0.15) is 5.82 Å². The molecule has 0 saturated heterocycles. The van der Waals surface area contributed by atoms with Gasteiger partial charge in [-0.2, -0.15) is 0 Å². The second-order valence-corrected chi connectivity index (χ2v) is 7.03. The minimum atomic E-state index is -0.717. The van der Waals surface area contributed by atoms with Gasteiger partial charge in [0, 0.05) is 29.4 Å². The van der Waals surface area contributed by atoms with Gasteiger partial charge in [0.05, 0.1) is 13.3 Å². The van der Waals surface area contributed by atoms with E-state index in [0.29, 0.717) is 23.8 Å². The van der Waals surface area contributed by atoms with Gasteiger partial charge in [0.15, 0.2) is 11.5 Å². The summed E-state index contributed by atoms with van der Waals surface area (Å²) in [5.41, 5.74) is 10.7. The van der Waals surface area contributed by atoms with E-state index in [4.69, 9.17) is 16.2 Å². The van der Waals surface area contributed by atoms with Crippen LogP contribution in [0.4, 0.5) is 17.3 Å². The third-order valence-corrected chi connectivity index (χ3v) is 4.09. The average molecular weight is 387 g/mol. The normalized spacial score (nSPS) is 12.1. The highest BCUT2D eigenvalue weighted by molar-refractivity contribution is 5.96. The Balaban J connectivity index is 2.25. The lowest BCUT2D eigenvalue weighted by Crippen LogP contribution is -2.36. The van der Waals surface area contributed by atoms with Gasteiger partial charge in [-0.25, -0.2) is 15.0 Å². The number of pyridine rings is 1.